The Labute approximate surface area is 247 Å². The fourth-order valence-electron chi connectivity index (χ4n) is 10.1. The van der Waals surface area contributed by atoms with Crippen molar-refractivity contribution in [2.24, 2.45) is 52.4 Å². The highest BCUT2D eigenvalue weighted by Crippen LogP contribution is 2.66. The van der Waals surface area contributed by atoms with Gasteiger partial charge < -0.3 is 0 Å². The van der Waals surface area contributed by atoms with E-state index in [-0.39, 0.29) is 53.2 Å². The molecule has 3 aromatic rings. The molecule has 0 spiro atoms. The van der Waals surface area contributed by atoms with Gasteiger partial charge in [0.2, 0.25) is 11.8 Å². The van der Waals surface area contributed by atoms with Gasteiger partial charge in [0, 0.05) is 12.1 Å². The average molecular weight is 566 g/mol. The molecule has 2 heterocycles. The summed E-state index contributed by atoms with van der Waals surface area (Å²) in [5, 5.41) is 5.85. The highest BCUT2D eigenvalue weighted by atomic mass is 16.2. The van der Waals surface area contributed by atoms with E-state index in [1.165, 1.54) is 4.90 Å². The fraction of sp³-hybridized carbons (Fsp3) is 0.306. The number of hydrazone groups is 1. The molecule has 4 amide bonds. The lowest BCUT2D eigenvalue weighted by atomic mass is 9.47. The molecule has 4 bridgehead atoms. The van der Waals surface area contributed by atoms with Crippen LogP contribution in [0.15, 0.2) is 96.1 Å². The normalized spacial score (nSPS) is 38.8. The molecule has 3 aromatic carbocycles. The molecule has 12 rings (SSSR count). The number of hydrogen-bond acceptors (Lipinski definition) is 5. The SMILES string of the molecule is O=C1[C@@H]2[C@H]3C=C[C@@H]([C@@H]4C[C@H]34)[C@@H]2C(=O)N1/N=C\C12c3ccccc3C(c3ccccc31)[C@@H]1C(=O)N(c3ccccc3)C(=O)[C@H]12. The highest BCUT2D eigenvalue weighted by Gasteiger charge is 2.69. The van der Waals surface area contributed by atoms with Crippen LogP contribution in [0.3, 0.4) is 0 Å². The smallest absolute Gasteiger partial charge is 0.254 e. The number of allylic oxidation sites excluding steroid dienone is 2. The molecule has 7 aliphatic carbocycles. The third kappa shape index (κ3) is 2.66. The minimum atomic E-state index is -1.13. The molecule has 0 radical (unpaired) electrons. The van der Waals surface area contributed by atoms with Crippen molar-refractivity contribution in [3.63, 3.8) is 0 Å². The van der Waals surface area contributed by atoms with Crippen molar-refractivity contribution in [3.05, 3.63) is 113 Å². The Morgan fingerprint density at radius 2 is 1.21 bits per heavy atom. The molecule has 2 saturated carbocycles. The van der Waals surface area contributed by atoms with E-state index in [0.717, 1.165) is 33.7 Å². The second-order valence-corrected chi connectivity index (χ2v) is 13.3. The molecule has 4 fully saturated rings. The van der Waals surface area contributed by atoms with Crippen molar-refractivity contribution < 1.29 is 19.2 Å². The number of nitrogens with zero attached hydrogens (tertiary/aromatic N) is 3. The lowest BCUT2D eigenvalue weighted by molar-refractivity contribution is -0.140. The van der Waals surface area contributed by atoms with E-state index in [4.69, 9.17) is 5.10 Å². The van der Waals surface area contributed by atoms with Crippen LogP contribution < -0.4 is 4.90 Å². The summed E-state index contributed by atoms with van der Waals surface area (Å²) in [5.74, 6) is -2.22. The third-order valence-electron chi connectivity index (χ3n) is 11.7. The zero-order chi connectivity index (χ0) is 28.8. The molecule has 7 heteroatoms. The van der Waals surface area contributed by atoms with Crippen molar-refractivity contribution in [2.45, 2.75) is 17.8 Å². The molecule has 7 nitrogen and oxygen atoms in total. The minimum absolute atomic E-state index is 0.0965. The van der Waals surface area contributed by atoms with Gasteiger partial charge in [-0.3, -0.25) is 19.2 Å². The Morgan fingerprint density at radius 3 is 1.81 bits per heavy atom. The predicted octanol–water partition coefficient (Wildman–Crippen LogP) is 4.28. The number of carbonyl (C=O) groups is 4. The van der Waals surface area contributed by atoms with Crippen molar-refractivity contribution in [1.29, 1.82) is 0 Å². The van der Waals surface area contributed by atoms with Gasteiger partial charge in [0.25, 0.3) is 11.8 Å². The molecule has 2 saturated heterocycles. The first-order valence-electron chi connectivity index (χ1n) is 15.3. The topological polar surface area (TPSA) is 87.1 Å². The predicted molar refractivity (Wildman–Crippen MR) is 156 cm³/mol. The highest BCUT2D eigenvalue weighted by molar-refractivity contribution is 6.25. The molecule has 0 unspecified atom stereocenters. The van der Waals surface area contributed by atoms with Crippen LogP contribution in [0.2, 0.25) is 0 Å². The van der Waals surface area contributed by atoms with Crippen LogP contribution in [0.4, 0.5) is 5.69 Å². The van der Waals surface area contributed by atoms with E-state index in [1.54, 1.807) is 18.3 Å². The summed E-state index contributed by atoms with van der Waals surface area (Å²) < 4.78 is 0. The Kier molecular flexibility index (Phi) is 4.35. The third-order valence-corrected chi connectivity index (χ3v) is 11.7. The van der Waals surface area contributed by atoms with Crippen LogP contribution in [0.5, 0.6) is 0 Å². The summed E-state index contributed by atoms with van der Waals surface area (Å²) in [4.78, 5) is 57.9. The fourth-order valence-corrected chi connectivity index (χ4v) is 10.1. The van der Waals surface area contributed by atoms with Crippen molar-refractivity contribution in [2.75, 3.05) is 4.90 Å². The maximum Gasteiger partial charge on any atom is 0.254 e. The summed E-state index contributed by atoms with van der Waals surface area (Å²) in [6, 6.07) is 25.0. The lowest BCUT2D eigenvalue weighted by Gasteiger charge is -2.52. The van der Waals surface area contributed by atoms with E-state index < -0.39 is 17.3 Å². The maximum atomic E-state index is 14.5. The van der Waals surface area contributed by atoms with Gasteiger partial charge in [-0.05, 0) is 64.5 Å². The van der Waals surface area contributed by atoms with Gasteiger partial charge in [-0.1, -0.05) is 78.9 Å². The number of imide groups is 2. The zero-order valence-corrected chi connectivity index (χ0v) is 23.1. The number of hydrogen-bond donors (Lipinski definition) is 0. The number of amides is 4. The van der Waals surface area contributed by atoms with Crippen molar-refractivity contribution in [3.8, 4) is 0 Å². The first-order chi connectivity index (χ1) is 21.0. The van der Waals surface area contributed by atoms with E-state index in [2.05, 4.69) is 12.2 Å². The van der Waals surface area contributed by atoms with E-state index in [1.807, 2.05) is 66.7 Å². The largest absolute Gasteiger partial charge is 0.274 e. The van der Waals surface area contributed by atoms with Gasteiger partial charge in [-0.2, -0.15) is 10.1 Å². The van der Waals surface area contributed by atoms with E-state index in [0.29, 0.717) is 17.5 Å². The summed E-state index contributed by atoms with van der Waals surface area (Å²) in [7, 11) is 0. The first kappa shape index (κ1) is 23.9. The summed E-state index contributed by atoms with van der Waals surface area (Å²) in [5.41, 5.74) is 3.19. The quantitative estimate of drug-likeness (QED) is 0.270. The van der Waals surface area contributed by atoms with E-state index >= 15 is 0 Å². The van der Waals surface area contributed by atoms with Gasteiger partial charge in [0.15, 0.2) is 0 Å². The molecular weight excluding hydrogens is 538 g/mol. The molecule has 8 atom stereocenters. The second kappa shape index (κ2) is 7.84. The number of para-hydroxylation sites is 1. The van der Waals surface area contributed by atoms with Crippen molar-refractivity contribution >= 4 is 35.5 Å². The molecule has 210 valence electrons. The standard InChI is InChI=1S/C36H27N3O4/c40-32-30-27-21-10-4-6-12-25(21)36(26-13-7-5-11-22(26)27,31(30)35(43)38(32)18-8-2-1-3-9-18)17-37-39-33(41)28-19-14-15-20(24-16-23(19)24)29(28)34(39)42/h1-15,17,19-20,23-24,27-31H,16H2/b37-17-/t19-,20-,23-,24+,27?,28-,29+,30-,31-,36?/m0/s1. The first-order valence-corrected chi connectivity index (χ1v) is 15.3. The lowest BCUT2D eigenvalue weighted by Crippen LogP contribution is -2.55. The number of carbonyl (C=O) groups excluding carboxylic acids is 4. The van der Waals surface area contributed by atoms with Crippen LogP contribution in [-0.4, -0.2) is 34.9 Å². The van der Waals surface area contributed by atoms with Gasteiger partial charge in [0.05, 0.1) is 34.8 Å². The summed E-state index contributed by atoms with van der Waals surface area (Å²) in [6.45, 7) is 0. The molecular formula is C36H27N3O4. The Hall–Kier alpha value is -4.65. The average Bonchev–Trinajstić information content (AvgIpc) is 3.78. The summed E-state index contributed by atoms with van der Waals surface area (Å²) in [6.07, 6.45) is 7.06. The van der Waals surface area contributed by atoms with Crippen molar-refractivity contribution in [1.82, 2.24) is 5.01 Å². The van der Waals surface area contributed by atoms with Gasteiger partial charge in [-0.15, -0.1) is 0 Å². The monoisotopic (exact) mass is 565 g/mol. The minimum Gasteiger partial charge on any atom is -0.274 e. The van der Waals surface area contributed by atoms with E-state index in [9.17, 15) is 19.2 Å². The van der Waals surface area contributed by atoms with Gasteiger partial charge in [-0.25, -0.2) is 4.90 Å². The second-order valence-electron chi connectivity index (χ2n) is 13.3. The zero-order valence-electron chi connectivity index (χ0n) is 23.1. The Morgan fingerprint density at radius 1 is 0.651 bits per heavy atom. The number of benzene rings is 3. The molecule has 0 aromatic heterocycles. The van der Waals surface area contributed by atoms with Crippen LogP contribution in [0.25, 0.3) is 0 Å². The Bertz CT molecular complexity index is 1800. The van der Waals surface area contributed by atoms with Crippen LogP contribution in [0, 0.1) is 47.3 Å². The molecule has 2 aliphatic heterocycles. The number of rotatable bonds is 3. The number of anilines is 1. The summed E-state index contributed by atoms with van der Waals surface area (Å²) >= 11 is 0. The van der Waals surface area contributed by atoms with Crippen LogP contribution in [0.1, 0.15) is 34.6 Å². The molecule has 0 N–H and O–H groups in total. The van der Waals surface area contributed by atoms with Gasteiger partial charge >= 0.3 is 0 Å². The maximum absolute atomic E-state index is 14.5. The molecule has 9 aliphatic rings. The molecule has 43 heavy (non-hydrogen) atoms. The van der Waals surface area contributed by atoms with Crippen LogP contribution >= 0.6 is 0 Å². The Balaban J connectivity index is 1.16. The van der Waals surface area contributed by atoms with Crippen LogP contribution in [-0.2, 0) is 24.6 Å². The van der Waals surface area contributed by atoms with Gasteiger partial charge in [0.1, 0.15) is 0 Å².